The number of carbonyl (C=O) groups excluding carboxylic acids is 1. The van der Waals surface area contributed by atoms with Crippen molar-refractivity contribution in [1.29, 1.82) is 0 Å². The molecule has 27 heavy (non-hydrogen) atoms. The second-order valence-corrected chi connectivity index (χ2v) is 9.94. The standard InChI is InChI=1S/C17H35N5O3S.HI/c1-7-18-16(21(5)13-15(23)20-17(2,3)4)19-12-14-8-10-22(11-9-14)26(6,24)25;/h14H,7-13H2,1-6H3,(H,18,19)(H,20,23);1H. The van der Waals surface area contributed by atoms with Crippen LogP contribution in [-0.2, 0) is 14.8 Å². The SMILES string of the molecule is CCNC(=NCC1CCN(S(C)(=O)=O)CC1)N(C)CC(=O)NC(C)(C)C.I. The molecule has 2 N–H and O–H groups in total. The highest BCUT2D eigenvalue weighted by Crippen LogP contribution is 2.19. The van der Waals surface area contributed by atoms with Gasteiger partial charge in [-0.15, -0.1) is 24.0 Å². The van der Waals surface area contributed by atoms with Gasteiger partial charge in [-0.25, -0.2) is 12.7 Å². The number of rotatable bonds is 6. The van der Waals surface area contributed by atoms with Crippen LogP contribution in [0.25, 0.3) is 0 Å². The van der Waals surface area contributed by atoms with Crippen LogP contribution >= 0.6 is 24.0 Å². The maximum Gasteiger partial charge on any atom is 0.240 e. The van der Waals surface area contributed by atoms with E-state index < -0.39 is 10.0 Å². The molecule has 0 spiro atoms. The summed E-state index contributed by atoms with van der Waals surface area (Å²) in [5, 5.41) is 6.16. The van der Waals surface area contributed by atoms with Crippen LogP contribution in [0.5, 0.6) is 0 Å². The Bertz CT molecular complexity index is 596. The molecule has 1 amide bonds. The minimum absolute atomic E-state index is 0. The van der Waals surface area contributed by atoms with Crippen molar-refractivity contribution in [1.82, 2.24) is 19.8 Å². The van der Waals surface area contributed by atoms with Gasteiger partial charge in [-0.05, 0) is 46.5 Å². The van der Waals surface area contributed by atoms with Gasteiger partial charge in [0.1, 0.15) is 0 Å². The molecule has 0 aromatic rings. The normalized spacial score (nSPS) is 17.2. The van der Waals surface area contributed by atoms with E-state index in [0.29, 0.717) is 31.5 Å². The number of hydrogen-bond acceptors (Lipinski definition) is 4. The van der Waals surface area contributed by atoms with Gasteiger partial charge >= 0.3 is 0 Å². The zero-order chi connectivity index (χ0) is 20.0. The first-order valence-corrected chi connectivity index (χ1v) is 11.0. The number of nitrogens with zero attached hydrogens (tertiary/aromatic N) is 3. The van der Waals surface area contributed by atoms with Crippen LogP contribution in [0.3, 0.4) is 0 Å². The largest absolute Gasteiger partial charge is 0.357 e. The highest BCUT2D eigenvalue weighted by Gasteiger charge is 2.25. The smallest absolute Gasteiger partial charge is 0.240 e. The molecule has 0 saturated carbocycles. The summed E-state index contributed by atoms with van der Waals surface area (Å²) in [6, 6.07) is 0. The third kappa shape index (κ3) is 10.5. The molecule has 1 aliphatic heterocycles. The third-order valence-corrected chi connectivity index (χ3v) is 5.44. The number of nitrogens with one attached hydrogen (secondary N) is 2. The van der Waals surface area contributed by atoms with E-state index in [1.165, 1.54) is 10.6 Å². The van der Waals surface area contributed by atoms with Gasteiger partial charge in [0.15, 0.2) is 5.96 Å². The Morgan fingerprint density at radius 2 is 1.81 bits per heavy atom. The number of piperidine rings is 1. The van der Waals surface area contributed by atoms with E-state index in [1.807, 2.05) is 39.6 Å². The van der Waals surface area contributed by atoms with Crippen molar-refractivity contribution in [3.05, 3.63) is 0 Å². The first-order chi connectivity index (χ1) is 11.9. The third-order valence-electron chi connectivity index (χ3n) is 4.13. The van der Waals surface area contributed by atoms with Crippen LogP contribution in [0, 0.1) is 5.92 Å². The first-order valence-electron chi connectivity index (χ1n) is 9.18. The van der Waals surface area contributed by atoms with Gasteiger partial charge in [-0.1, -0.05) is 0 Å². The van der Waals surface area contributed by atoms with Crippen molar-refractivity contribution in [2.45, 2.75) is 46.1 Å². The fourth-order valence-corrected chi connectivity index (χ4v) is 3.73. The average molecular weight is 517 g/mol. The molecule has 0 atom stereocenters. The lowest BCUT2D eigenvalue weighted by Gasteiger charge is -2.30. The van der Waals surface area contributed by atoms with E-state index in [0.717, 1.165) is 19.4 Å². The van der Waals surface area contributed by atoms with Crippen molar-refractivity contribution in [2.24, 2.45) is 10.9 Å². The highest BCUT2D eigenvalue weighted by molar-refractivity contribution is 14.0. The fraction of sp³-hybridized carbons (Fsp3) is 0.882. The van der Waals surface area contributed by atoms with E-state index in [-0.39, 0.29) is 42.0 Å². The van der Waals surface area contributed by atoms with Crippen molar-refractivity contribution < 1.29 is 13.2 Å². The maximum atomic E-state index is 12.1. The zero-order valence-electron chi connectivity index (χ0n) is 17.4. The fourth-order valence-electron chi connectivity index (χ4n) is 2.86. The van der Waals surface area contributed by atoms with Crippen molar-refractivity contribution in [2.75, 3.05) is 46.0 Å². The van der Waals surface area contributed by atoms with Crippen LogP contribution in [0.2, 0.25) is 0 Å². The summed E-state index contributed by atoms with van der Waals surface area (Å²) in [6.07, 6.45) is 2.88. The van der Waals surface area contributed by atoms with Gasteiger partial charge < -0.3 is 15.5 Å². The lowest BCUT2D eigenvalue weighted by atomic mass is 9.98. The quantitative estimate of drug-likeness (QED) is 0.313. The Kier molecular flexibility index (Phi) is 11.1. The van der Waals surface area contributed by atoms with Crippen LogP contribution in [0.1, 0.15) is 40.5 Å². The summed E-state index contributed by atoms with van der Waals surface area (Å²) in [5.41, 5.74) is -0.263. The van der Waals surface area contributed by atoms with E-state index >= 15 is 0 Å². The van der Waals surface area contributed by atoms with Gasteiger partial charge in [-0.2, -0.15) is 0 Å². The van der Waals surface area contributed by atoms with Gasteiger partial charge in [0.25, 0.3) is 0 Å². The molecule has 160 valence electrons. The zero-order valence-corrected chi connectivity index (χ0v) is 20.6. The van der Waals surface area contributed by atoms with Gasteiger partial charge in [0.05, 0.1) is 12.8 Å². The summed E-state index contributed by atoms with van der Waals surface area (Å²) >= 11 is 0. The Morgan fingerprint density at radius 1 is 1.26 bits per heavy atom. The molecule has 1 aliphatic rings. The van der Waals surface area contributed by atoms with Crippen molar-refractivity contribution >= 4 is 45.9 Å². The van der Waals surface area contributed by atoms with Crippen LogP contribution in [0.4, 0.5) is 0 Å². The number of carbonyl (C=O) groups is 1. The summed E-state index contributed by atoms with van der Waals surface area (Å²) in [4.78, 5) is 18.6. The molecule has 1 heterocycles. The highest BCUT2D eigenvalue weighted by atomic mass is 127. The van der Waals surface area contributed by atoms with Gasteiger partial charge in [0.2, 0.25) is 15.9 Å². The Morgan fingerprint density at radius 3 is 2.26 bits per heavy atom. The maximum absolute atomic E-state index is 12.1. The molecule has 1 fully saturated rings. The Balaban J connectivity index is 0.00000676. The second-order valence-electron chi connectivity index (χ2n) is 7.95. The minimum atomic E-state index is -3.10. The number of aliphatic imine (C=N–C) groups is 1. The molecule has 0 aromatic carbocycles. The van der Waals surface area contributed by atoms with Crippen molar-refractivity contribution in [3.8, 4) is 0 Å². The average Bonchev–Trinajstić information content (AvgIpc) is 2.48. The van der Waals surface area contributed by atoms with E-state index in [2.05, 4.69) is 15.6 Å². The Hall–Kier alpha value is -0.620. The summed E-state index contributed by atoms with van der Waals surface area (Å²) in [6.45, 7) is 10.5. The van der Waals surface area contributed by atoms with E-state index in [4.69, 9.17) is 0 Å². The number of sulfonamides is 1. The number of amides is 1. The van der Waals surface area contributed by atoms with Gasteiger partial charge in [-0.3, -0.25) is 9.79 Å². The summed E-state index contributed by atoms with van der Waals surface area (Å²) in [7, 11) is -1.26. The van der Waals surface area contributed by atoms with E-state index in [1.54, 1.807) is 0 Å². The van der Waals surface area contributed by atoms with Crippen LogP contribution < -0.4 is 10.6 Å². The topological polar surface area (TPSA) is 94.1 Å². The molecular formula is C17H36IN5O3S. The molecule has 1 saturated heterocycles. The molecule has 0 aromatic heterocycles. The summed E-state index contributed by atoms with van der Waals surface area (Å²) in [5.74, 6) is 1.01. The number of guanidine groups is 1. The van der Waals surface area contributed by atoms with E-state index in [9.17, 15) is 13.2 Å². The molecule has 1 rings (SSSR count). The second kappa shape index (κ2) is 11.4. The minimum Gasteiger partial charge on any atom is -0.357 e. The van der Waals surface area contributed by atoms with Crippen molar-refractivity contribution in [3.63, 3.8) is 0 Å². The first kappa shape index (κ1) is 26.4. The van der Waals surface area contributed by atoms with Crippen LogP contribution in [-0.4, -0.2) is 81.1 Å². The molecule has 8 nitrogen and oxygen atoms in total. The number of hydrogen-bond donors (Lipinski definition) is 2. The molecule has 0 aliphatic carbocycles. The number of halogens is 1. The molecular weight excluding hydrogens is 481 g/mol. The molecule has 0 radical (unpaired) electrons. The lowest BCUT2D eigenvalue weighted by Crippen LogP contribution is -2.49. The van der Waals surface area contributed by atoms with Gasteiger partial charge in [0, 0.05) is 38.8 Å². The predicted molar refractivity (Wildman–Crippen MR) is 121 cm³/mol. The predicted octanol–water partition coefficient (Wildman–Crippen LogP) is 1.09. The summed E-state index contributed by atoms with van der Waals surface area (Å²) < 4.78 is 24.7. The lowest BCUT2D eigenvalue weighted by molar-refractivity contribution is -0.122. The molecule has 0 bridgehead atoms. The molecule has 0 unspecified atom stereocenters. The monoisotopic (exact) mass is 517 g/mol. The number of likely N-dealkylation sites (N-methyl/N-ethyl adjacent to an activating group) is 1. The van der Waals surface area contributed by atoms with Crippen LogP contribution in [0.15, 0.2) is 4.99 Å². The molecule has 10 heteroatoms. The Labute approximate surface area is 181 Å².